The van der Waals surface area contributed by atoms with E-state index < -0.39 is 0 Å². The van der Waals surface area contributed by atoms with Crippen LogP contribution < -0.4 is 0 Å². The van der Waals surface area contributed by atoms with Crippen LogP contribution in [-0.2, 0) is 6.42 Å². The van der Waals surface area contributed by atoms with Gasteiger partial charge in [0.15, 0.2) is 0 Å². The fourth-order valence-corrected chi connectivity index (χ4v) is 3.81. The first-order chi connectivity index (χ1) is 12.7. The number of hydrogen-bond donors (Lipinski definition) is 0. The van der Waals surface area contributed by atoms with Gasteiger partial charge in [0.2, 0.25) is 0 Å². The van der Waals surface area contributed by atoms with Gasteiger partial charge < -0.3 is 4.90 Å². The number of imidazole rings is 1. The number of likely N-dealkylation sites (tertiary alicyclic amines) is 1. The second-order valence-electron chi connectivity index (χ2n) is 6.72. The molecule has 1 aliphatic rings. The minimum Gasteiger partial charge on any atom is -0.337 e. The van der Waals surface area contributed by atoms with E-state index >= 15 is 0 Å². The molecule has 0 bridgehead atoms. The maximum atomic E-state index is 13.0. The lowest BCUT2D eigenvalue weighted by Crippen LogP contribution is -2.30. The Morgan fingerprint density at radius 3 is 2.65 bits per heavy atom. The number of aromatic nitrogens is 2. The molecule has 0 spiro atoms. The lowest BCUT2D eigenvalue weighted by molar-refractivity contribution is 0.0779. The van der Waals surface area contributed by atoms with Crippen LogP contribution in [0.1, 0.15) is 22.5 Å². The Hall–Kier alpha value is -2.40. The predicted molar refractivity (Wildman–Crippen MR) is 105 cm³/mol. The monoisotopic (exact) mass is 409 g/mol. The van der Waals surface area contributed by atoms with Gasteiger partial charge in [0.05, 0.1) is 12.5 Å². The number of carbonyl (C=O) groups is 1. The van der Waals surface area contributed by atoms with Crippen LogP contribution in [0.15, 0.2) is 71.6 Å². The standard InChI is InChI=1S/C21H20BrN3O/c22-18-8-6-16(7-9-18)12-17-10-11-24(14-17)21(26)20-13-23-15-25(20)19-4-2-1-3-5-19/h1-9,13,15,17H,10-12,14H2. The zero-order valence-corrected chi connectivity index (χ0v) is 16.0. The summed E-state index contributed by atoms with van der Waals surface area (Å²) in [5, 5.41) is 0. The van der Waals surface area contributed by atoms with E-state index in [0.29, 0.717) is 11.6 Å². The van der Waals surface area contributed by atoms with E-state index in [0.717, 1.165) is 36.1 Å². The van der Waals surface area contributed by atoms with Crippen molar-refractivity contribution < 1.29 is 4.79 Å². The molecule has 1 aromatic heterocycles. The van der Waals surface area contributed by atoms with Crippen molar-refractivity contribution in [2.45, 2.75) is 12.8 Å². The molecule has 1 atom stereocenters. The van der Waals surface area contributed by atoms with Crippen molar-refractivity contribution in [3.63, 3.8) is 0 Å². The van der Waals surface area contributed by atoms with Gasteiger partial charge in [-0.3, -0.25) is 9.36 Å². The summed E-state index contributed by atoms with van der Waals surface area (Å²) in [6, 6.07) is 18.3. The third-order valence-electron chi connectivity index (χ3n) is 4.90. The molecule has 2 aromatic carbocycles. The van der Waals surface area contributed by atoms with Crippen molar-refractivity contribution in [3.8, 4) is 5.69 Å². The Labute approximate surface area is 161 Å². The van der Waals surface area contributed by atoms with Gasteiger partial charge in [-0.25, -0.2) is 4.98 Å². The van der Waals surface area contributed by atoms with Crippen molar-refractivity contribution in [1.29, 1.82) is 0 Å². The van der Waals surface area contributed by atoms with Gasteiger partial charge in [0.25, 0.3) is 5.91 Å². The van der Waals surface area contributed by atoms with Crippen molar-refractivity contribution >= 4 is 21.8 Å². The molecule has 4 nitrogen and oxygen atoms in total. The van der Waals surface area contributed by atoms with Crippen molar-refractivity contribution in [2.75, 3.05) is 13.1 Å². The Kier molecular flexibility index (Phi) is 4.89. The first kappa shape index (κ1) is 17.0. The number of halogens is 1. The van der Waals surface area contributed by atoms with Crippen LogP contribution in [-0.4, -0.2) is 33.4 Å². The van der Waals surface area contributed by atoms with Crippen LogP contribution in [0.4, 0.5) is 0 Å². The smallest absolute Gasteiger partial charge is 0.272 e. The molecule has 5 heteroatoms. The van der Waals surface area contributed by atoms with Gasteiger partial charge in [-0.2, -0.15) is 0 Å². The minimum absolute atomic E-state index is 0.0599. The van der Waals surface area contributed by atoms with Gasteiger partial charge in [0.1, 0.15) is 5.69 Å². The third kappa shape index (κ3) is 3.58. The highest BCUT2D eigenvalue weighted by Crippen LogP contribution is 2.24. The number of amides is 1. The van der Waals surface area contributed by atoms with Crippen LogP contribution >= 0.6 is 15.9 Å². The van der Waals surface area contributed by atoms with Crippen LogP contribution in [0.25, 0.3) is 5.69 Å². The molecule has 1 unspecified atom stereocenters. The van der Waals surface area contributed by atoms with Crippen LogP contribution in [0.3, 0.4) is 0 Å². The SMILES string of the molecule is O=C(c1cncn1-c1ccccc1)N1CCC(Cc2ccc(Br)cc2)C1. The Bertz CT molecular complexity index is 889. The minimum atomic E-state index is 0.0599. The molecule has 1 saturated heterocycles. The second kappa shape index (κ2) is 7.46. The highest BCUT2D eigenvalue weighted by atomic mass is 79.9. The summed E-state index contributed by atoms with van der Waals surface area (Å²) in [5.41, 5.74) is 2.90. The molecule has 1 aliphatic heterocycles. The Morgan fingerprint density at radius 1 is 1.12 bits per heavy atom. The molecule has 3 aromatic rings. The predicted octanol–water partition coefficient (Wildman–Crippen LogP) is 4.34. The molecule has 132 valence electrons. The topological polar surface area (TPSA) is 38.1 Å². The summed E-state index contributed by atoms with van der Waals surface area (Å²) < 4.78 is 2.96. The molecular formula is C21H20BrN3O. The van der Waals surface area contributed by atoms with Gasteiger partial charge >= 0.3 is 0 Å². The highest BCUT2D eigenvalue weighted by Gasteiger charge is 2.28. The molecule has 0 saturated carbocycles. The van der Waals surface area contributed by atoms with Crippen LogP contribution in [0.5, 0.6) is 0 Å². The normalized spacial score (nSPS) is 16.8. The van der Waals surface area contributed by atoms with Crippen LogP contribution in [0.2, 0.25) is 0 Å². The molecule has 1 amide bonds. The average molecular weight is 410 g/mol. The molecule has 1 fully saturated rings. The molecule has 4 rings (SSSR count). The fraction of sp³-hybridized carbons (Fsp3) is 0.238. The highest BCUT2D eigenvalue weighted by molar-refractivity contribution is 9.10. The lowest BCUT2D eigenvalue weighted by Gasteiger charge is -2.17. The summed E-state index contributed by atoms with van der Waals surface area (Å²) in [7, 11) is 0. The maximum Gasteiger partial charge on any atom is 0.272 e. The molecule has 0 N–H and O–H groups in total. The van der Waals surface area contributed by atoms with Gasteiger partial charge in [-0.05, 0) is 48.6 Å². The lowest BCUT2D eigenvalue weighted by atomic mass is 9.99. The van der Waals surface area contributed by atoms with Crippen molar-refractivity contribution in [3.05, 3.63) is 82.9 Å². The van der Waals surface area contributed by atoms with Crippen molar-refractivity contribution in [2.24, 2.45) is 5.92 Å². The first-order valence-electron chi connectivity index (χ1n) is 8.82. The van der Waals surface area contributed by atoms with E-state index in [1.54, 1.807) is 12.5 Å². The zero-order chi connectivity index (χ0) is 17.9. The van der Waals surface area contributed by atoms with E-state index in [9.17, 15) is 4.79 Å². The molecule has 26 heavy (non-hydrogen) atoms. The third-order valence-corrected chi connectivity index (χ3v) is 5.43. The van der Waals surface area contributed by atoms with Crippen molar-refractivity contribution in [1.82, 2.24) is 14.5 Å². The van der Waals surface area contributed by atoms with Gasteiger partial charge in [-0.1, -0.05) is 46.3 Å². The number of para-hydroxylation sites is 1. The quantitative estimate of drug-likeness (QED) is 0.642. The summed E-state index contributed by atoms with van der Waals surface area (Å²) in [6.07, 6.45) is 5.42. The summed E-state index contributed by atoms with van der Waals surface area (Å²) in [5.74, 6) is 0.567. The Balaban J connectivity index is 1.45. The average Bonchev–Trinajstić information content (AvgIpc) is 3.33. The number of benzene rings is 2. The van der Waals surface area contributed by atoms with E-state index in [1.807, 2.05) is 39.8 Å². The van der Waals surface area contributed by atoms with E-state index in [1.165, 1.54) is 5.56 Å². The number of hydrogen-bond acceptors (Lipinski definition) is 2. The summed E-state index contributed by atoms with van der Waals surface area (Å²) in [6.45, 7) is 1.61. The van der Waals surface area contributed by atoms with Gasteiger partial charge in [0, 0.05) is 23.2 Å². The van der Waals surface area contributed by atoms with Gasteiger partial charge in [-0.15, -0.1) is 0 Å². The van der Waals surface area contributed by atoms with E-state index in [2.05, 4.69) is 45.2 Å². The molecular weight excluding hydrogens is 390 g/mol. The summed E-state index contributed by atoms with van der Waals surface area (Å²) in [4.78, 5) is 19.2. The Morgan fingerprint density at radius 2 is 1.88 bits per heavy atom. The second-order valence-corrected chi connectivity index (χ2v) is 7.64. The summed E-state index contributed by atoms with van der Waals surface area (Å²) >= 11 is 3.47. The number of rotatable bonds is 4. The largest absolute Gasteiger partial charge is 0.337 e. The fourth-order valence-electron chi connectivity index (χ4n) is 3.55. The van der Waals surface area contributed by atoms with E-state index in [4.69, 9.17) is 0 Å². The number of carbonyl (C=O) groups excluding carboxylic acids is 1. The number of nitrogens with zero attached hydrogens (tertiary/aromatic N) is 3. The maximum absolute atomic E-state index is 13.0. The van der Waals surface area contributed by atoms with Crippen LogP contribution in [0, 0.1) is 5.92 Å². The zero-order valence-electron chi connectivity index (χ0n) is 14.4. The molecule has 0 aliphatic carbocycles. The first-order valence-corrected chi connectivity index (χ1v) is 9.61. The van der Waals surface area contributed by atoms with E-state index in [-0.39, 0.29) is 5.91 Å². The molecule has 2 heterocycles. The molecule has 0 radical (unpaired) electrons.